The van der Waals surface area contributed by atoms with Crippen LogP contribution in [0.15, 0.2) is 53.5 Å². The van der Waals surface area contributed by atoms with Gasteiger partial charge in [-0.25, -0.2) is 9.98 Å². The van der Waals surface area contributed by atoms with Gasteiger partial charge in [-0.15, -0.1) is 0 Å². The second-order valence-corrected chi connectivity index (χ2v) is 7.68. The van der Waals surface area contributed by atoms with Crippen LogP contribution in [0.1, 0.15) is 25.6 Å². The average molecular weight is 381 g/mol. The predicted octanol–water partition coefficient (Wildman–Crippen LogP) is 3.64. The van der Waals surface area contributed by atoms with Gasteiger partial charge in [-0.1, -0.05) is 35.9 Å². The summed E-state index contributed by atoms with van der Waals surface area (Å²) >= 11 is 6.10. The minimum absolute atomic E-state index is 0.0785. The highest BCUT2D eigenvalue weighted by Crippen LogP contribution is 2.34. The van der Waals surface area contributed by atoms with Crippen LogP contribution < -0.4 is 10.2 Å². The van der Waals surface area contributed by atoms with Crippen LogP contribution in [0, 0.1) is 0 Å². The molecule has 2 aliphatic heterocycles. The molecule has 27 heavy (non-hydrogen) atoms. The summed E-state index contributed by atoms with van der Waals surface area (Å²) in [5, 5.41) is 4.35. The topological polar surface area (TPSA) is 48.7 Å². The number of anilines is 1. The number of nitrogens with zero attached hydrogens (tertiary/aromatic N) is 5. The van der Waals surface area contributed by atoms with Crippen LogP contribution in [-0.4, -0.2) is 39.8 Å². The van der Waals surface area contributed by atoms with Crippen molar-refractivity contribution in [2.24, 2.45) is 4.99 Å². The molecule has 1 atom stereocenters. The maximum atomic E-state index is 6.10. The lowest BCUT2D eigenvalue weighted by Crippen LogP contribution is -2.58. The van der Waals surface area contributed by atoms with E-state index in [9.17, 15) is 0 Å². The van der Waals surface area contributed by atoms with Crippen molar-refractivity contribution >= 4 is 34.5 Å². The number of benzene rings is 2. The quantitative estimate of drug-likeness (QED) is 0.737. The third kappa shape index (κ3) is 2.67. The molecule has 0 spiro atoms. The lowest BCUT2D eigenvalue weighted by Gasteiger charge is -2.42. The smallest absolute Gasteiger partial charge is 0.216 e. The molecule has 5 rings (SSSR count). The summed E-state index contributed by atoms with van der Waals surface area (Å²) in [7, 11) is 0. The molecular weight excluding hydrogens is 360 g/mol. The van der Waals surface area contributed by atoms with Gasteiger partial charge in [0.05, 0.1) is 24.4 Å². The molecule has 0 radical (unpaired) electrons. The first-order valence-electron chi connectivity index (χ1n) is 9.17. The summed E-state index contributed by atoms with van der Waals surface area (Å²) < 4.78 is 2.25. The molecule has 0 aliphatic carbocycles. The second kappa shape index (κ2) is 6.25. The van der Waals surface area contributed by atoms with Gasteiger partial charge in [-0.2, -0.15) is 0 Å². The SMILES string of the molecule is CC(C)N1CN=C2NC(c3ccc(Cl)cc3)n3c(nc4ccccc43)N2C1. The Morgan fingerprint density at radius 2 is 1.89 bits per heavy atom. The maximum Gasteiger partial charge on any atom is 0.216 e. The first kappa shape index (κ1) is 16.6. The Kier molecular flexibility index (Phi) is 3.84. The molecule has 0 saturated carbocycles. The minimum Gasteiger partial charge on any atom is -0.331 e. The number of para-hydroxylation sites is 2. The Hall–Kier alpha value is -2.57. The second-order valence-electron chi connectivity index (χ2n) is 7.24. The summed E-state index contributed by atoms with van der Waals surface area (Å²) in [6, 6.07) is 16.6. The number of nitrogens with one attached hydrogen (secondary N) is 1. The minimum atomic E-state index is -0.0785. The molecule has 3 aromatic rings. The van der Waals surface area contributed by atoms with Crippen LogP contribution in [-0.2, 0) is 0 Å². The van der Waals surface area contributed by atoms with E-state index in [1.54, 1.807) is 0 Å². The highest BCUT2D eigenvalue weighted by Gasteiger charge is 2.36. The average Bonchev–Trinajstić information content (AvgIpc) is 3.07. The summed E-state index contributed by atoms with van der Waals surface area (Å²) in [5.74, 6) is 1.79. The summed E-state index contributed by atoms with van der Waals surface area (Å²) in [4.78, 5) is 14.2. The molecule has 6 nitrogen and oxygen atoms in total. The number of guanidine groups is 1. The Morgan fingerprint density at radius 1 is 1.11 bits per heavy atom. The van der Waals surface area contributed by atoms with Crippen molar-refractivity contribution in [3.05, 3.63) is 59.1 Å². The molecule has 1 unspecified atom stereocenters. The van der Waals surface area contributed by atoms with Crippen molar-refractivity contribution in [3.63, 3.8) is 0 Å². The lowest BCUT2D eigenvalue weighted by molar-refractivity contribution is 0.221. The molecule has 2 aliphatic rings. The summed E-state index contributed by atoms with van der Waals surface area (Å²) in [6.07, 6.45) is -0.0785. The van der Waals surface area contributed by atoms with Crippen LogP contribution in [0.2, 0.25) is 5.02 Å². The molecule has 0 bridgehead atoms. The molecule has 1 aromatic heterocycles. The third-order valence-corrected chi connectivity index (χ3v) is 5.49. The van der Waals surface area contributed by atoms with Gasteiger partial charge in [0.15, 0.2) is 0 Å². The Balaban J connectivity index is 1.69. The van der Waals surface area contributed by atoms with Gasteiger partial charge in [0.2, 0.25) is 11.9 Å². The zero-order chi connectivity index (χ0) is 18.5. The van der Waals surface area contributed by atoms with E-state index in [1.165, 1.54) is 0 Å². The van der Waals surface area contributed by atoms with Crippen LogP contribution in [0.4, 0.5) is 5.95 Å². The zero-order valence-corrected chi connectivity index (χ0v) is 16.1. The molecule has 138 valence electrons. The van der Waals surface area contributed by atoms with E-state index in [4.69, 9.17) is 21.6 Å². The van der Waals surface area contributed by atoms with Gasteiger partial charge in [0.1, 0.15) is 6.17 Å². The van der Waals surface area contributed by atoms with E-state index in [2.05, 4.69) is 63.9 Å². The van der Waals surface area contributed by atoms with Crippen LogP contribution in [0.5, 0.6) is 0 Å². The van der Waals surface area contributed by atoms with Gasteiger partial charge in [0.25, 0.3) is 0 Å². The maximum absolute atomic E-state index is 6.10. The first-order chi connectivity index (χ1) is 13.1. The summed E-state index contributed by atoms with van der Waals surface area (Å²) in [5.41, 5.74) is 3.20. The fourth-order valence-electron chi connectivity index (χ4n) is 3.69. The van der Waals surface area contributed by atoms with Crippen molar-refractivity contribution < 1.29 is 0 Å². The van der Waals surface area contributed by atoms with Gasteiger partial charge >= 0.3 is 0 Å². The van der Waals surface area contributed by atoms with Gasteiger partial charge in [-0.3, -0.25) is 14.4 Å². The highest BCUT2D eigenvalue weighted by atomic mass is 35.5. The molecule has 0 amide bonds. The Morgan fingerprint density at radius 3 is 2.67 bits per heavy atom. The normalized spacial score (nSPS) is 19.6. The number of hydrogen-bond acceptors (Lipinski definition) is 5. The Labute approximate surface area is 163 Å². The van der Waals surface area contributed by atoms with E-state index < -0.39 is 0 Å². The van der Waals surface area contributed by atoms with E-state index in [0.29, 0.717) is 12.7 Å². The van der Waals surface area contributed by atoms with E-state index >= 15 is 0 Å². The van der Waals surface area contributed by atoms with Crippen molar-refractivity contribution in [3.8, 4) is 0 Å². The fourth-order valence-corrected chi connectivity index (χ4v) is 3.81. The number of aromatic nitrogens is 2. The molecule has 0 saturated heterocycles. The van der Waals surface area contributed by atoms with Gasteiger partial charge < -0.3 is 5.32 Å². The lowest BCUT2D eigenvalue weighted by atomic mass is 10.1. The Bertz CT molecular complexity index is 1020. The van der Waals surface area contributed by atoms with Crippen molar-refractivity contribution in [1.82, 2.24) is 19.8 Å². The number of rotatable bonds is 2. The van der Waals surface area contributed by atoms with Crippen molar-refractivity contribution in [2.45, 2.75) is 26.1 Å². The van der Waals surface area contributed by atoms with E-state index in [1.807, 2.05) is 18.2 Å². The van der Waals surface area contributed by atoms with Crippen LogP contribution in [0.3, 0.4) is 0 Å². The number of halogens is 1. The van der Waals surface area contributed by atoms with E-state index in [-0.39, 0.29) is 6.17 Å². The molecule has 1 N–H and O–H groups in total. The van der Waals surface area contributed by atoms with Crippen LogP contribution >= 0.6 is 11.6 Å². The van der Waals surface area contributed by atoms with Crippen molar-refractivity contribution in [1.29, 1.82) is 0 Å². The summed E-state index contributed by atoms with van der Waals surface area (Å²) in [6.45, 7) is 5.83. The monoisotopic (exact) mass is 380 g/mol. The van der Waals surface area contributed by atoms with E-state index in [0.717, 1.165) is 40.2 Å². The largest absolute Gasteiger partial charge is 0.331 e. The highest BCUT2D eigenvalue weighted by molar-refractivity contribution is 6.30. The predicted molar refractivity (Wildman–Crippen MR) is 109 cm³/mol. The molecule has 3 heterocycles. The third-order valence-electron chi connectivity index (χ3n) is 5.24. The zero-order valence-electron chi connectivity index (χ0n) is 15.3. The van der Waals surface area contributed by atoms with Gasteiger partial charge in [-0.05, 0) is 43.7 Å². The number of fused-ring (bicyclic) bond motifs is 5. The first-order valence-corrected chi connectivity index (χ1v) is 9.54. The molecule has 0 fully saturated rings. The molecule has 7 heteroatoms. The molecular formula is C20H21ClN6. The fraction of sp³-hybridized carbons (Fsp3) is 0.300. The number of aliphatic imine (C=N–C) groups is 1. The van der Waals surface area contributed by atoms with Crippen molar-refractivity contribution in [2.75, 3.05) is 18.2 Å². The number of hydrogen-bond donors (Lipinski definition) is 1. The van der Waals surface area contributed by atoms with Gasteiger partial charge in [0, 0.05) is 11.1 Å². The number of imidazole rings is 1. The molecule has 2 aromatic carbocycles. The van der Waals surface area contributed by atoms with Crippen LogP contribution in [0.25, 0.3) is 11.0 Å². The standard InChI is InChI=1S/C20H21ClN6/c1-13(2)25-11-22-19-24-18(14-7-9-15(21)10-8-14)27-17-6-4-3-5-16(17)23-20(27)26(19)12-25/h3-10,13,18H,11-12H2,1-2H3,(H,22,24).